The van der Waals surface area contributed by atoms with Crippen LogP contribution in [0, 0.1) is 5.82 Å². The number of carbonyl (C=O) groups excluding carboxylic acids is 1. The van der Waals surface area contributed by atoms with Crippen LogP contribution >= 0.6 is 15.9 Å². The average molecular weight is 341 g/mol. The Morgan fingerprint density at radius 2 is 2.05 bits per heavy atom. The zero-order valence-electron chi connectivity index (χ0n) is 10.3. The van der Waals surface area contributed by atoms with Crippen molar-refractivity contribution in [1.29, 1.82) is 0 Å². The molecule has 0 aliphatic carbocycles. The van der Waals surface area contributed by atoms with E-state index in [0.717, 1.165) is 19.2 Å². The minimum Gasteiger partial charge on any atom is -0.481 e. The summed E-state index contributed by atoms with van der Waals surface area (Å²) in [4.78, 5) is 10.9. The number of halogens is 4. The molecule has 0 radical (unpaired) electrons. The summed E-state index contributed by atoms with van der Waals surface area (Å²) in [5.41, 5.74) is -0.479. The Kier molecular flexibility index (Phi) is 5.22. The molecule has 0 amide bonds. The van der Waals surface area contributed by atoms with Gasteiger partial charge in [-0.05, 0) is 22.0 Å². The first-order valence-corrected chi connectivity index (χ1v) is 6.18. The van der Waals surface area contributed by atoms with Gasteiger partial charge in [-0.3, -0.25) is 0 Å². The number of carbonyl (C=O) groups is 1. The number of rotatable bonds is 5. The van der Waals surface area contributed by atoms with Crippen LogP contribution in [0.5, 0.6) is 5.75 Å². The summed E-state index contributed by atoms with van der Waals surface area (Å²) in [6, 6.07) is 1.76. The molecule has 1 aromatic rings. The summed E-state index contributed by atoms with van der Waals surface area (Å²) in [6.45, 7) is 0.728. The maximum Gasteiger partial charge on any atom is 0.343 e. The van der Waals surface area contributed by atoms with Crippen molar-refractivity contribution in [3.63, 3.8) is 0 Å². The van der Waals surface area contributed by atoms with Crippen molar-refractivity contribution in [3.05, 3.63) is 28.0 Å². The van der Waals surface area contributed by atoms with Crippen molar-refractivity contribution in [1.82, 2.24) is 0 Å². The van der Waals surface area contributed by atoms with E-state index in [4.69, 9.17) is 4.74 Å². The molecular weight excluding hydrogens is 329 g/mol. The first kappa shape index (κ1) is 15.8. The van der Waals surface area contributed by atoms with Gasteiger partial charge in [0.25, 0.3) is 5.92 Å². The molecule has 0 heterocycles. The topological polar surface area (TPSA) is 35.5 Å². The number of hydrogen-bond acceptors (Lipinski definition) is 3. The van der Waals surface area contributed by atoms with Crippen LogP contribution in [0.25, 0.3) is 0 Å². The van der Waals surface area contributed by atoms with Gasteiger partial charge in [-0.25, -0.2) is 18.0 Å². The zero-order chi connectivity index (χ0) is 14.6. The number of benzene rings is 1. The van der Waals surface area contributed by atoms with Crippen LogP contribution in [0.4, 0.5) is 13.2 Å². The van der Waals surface area contributed by atoms with Crippen LogP contribution in [-0.2, 0) is 15.5 Å². The Balaban J connectivity index is 3.13. The number of alkyl halides is 2. The van der Waals surface area contributed by atoms with Crippen molar-refractivity contribution in [2.45, 2.75) is 19.3 Å². The highest BCUT2D eigenvalue weighted by atomic mass is 79.9. The van der Waals surface area contributed by atoms with Gasteiger partial charge in [0.15, 0.2) is 6.61 Å². The summed E-state index contributed by atoms with van der Waals surface area (Å²) >= 11 is 2.84. The van der Waals surface area contributed by atoms with Gasteiger partial charge < -0.3 is 9.47 Å². The van der Waals surface area contributed by atoms with Crippen molar-refractivity contribution < 1.29 is 27.4 Å². The SMILES string of the molecule is CCC(F)(F)c1cc(Br)c(F)cc1OCC(=O)OC. The highest BCUT2D eigenvalue weighted by Gasteiger charge is 2.33. The van der Waals surface area contributed by atoms with Crippen LogP contribution in [0.1, 0.15) is 18.9 Å². The Bertz CT molecular complexity index is 478. The van der Waals surface area contributed by atoms with Crippen molar-refractivity contribution in [3.8, 4) is 5.75 Å². The predicted molar refractivity (Wildman–Crippen MR) is 65.8 cm³/mol. The van der Waals surface area contributed by atoms with E-state index in [0.29, 0.717) is 0 Å². The molecule has 0 aromatic heterocycles. The molecule has 106 valence electrons. The van der Waals surface area contributed by atoms with Gasteiger partial charge in [0.2, 0.25) is 0 Å². The van der Waals surface area contributed by atoms with E-state index in [-0.39, 0.29) is 10.2 Å². The van der Waals surface area contributed by atoms with Gasteiger partial charge in [0.05, 0.1) is 17.1 Å². The third-order valence-electron chi connectivity index (χ3n) is 2.43. The lowest BCUT2D eigenvalue weighted by Crippen LogP contribution is -2.18. The summed E-state index contributed by atoms with van der Waals surface area (Å²) in [7, 11) is 1.13. The van der Waals surface area contributed by atoms with E-state index in [1.807, 2.05) is 0 Å². The fraction of sp³-hybridized carbons (Fsp3) is 0.417. The number of hydrogen-bond donors (Lipinski definition) is 0. The van der Waals surface area contributed by atoms with Gasteiger partial charge >= 0.3 is 5.97 Å². The van der Waals surface area contributed by atoms with E-state index in [2.05, 4.69) is 20.7 Å². The molecule has 7 heteroatoms. The molecule has 0 unspecified atom stereocenters. The fourth-order valence-electron chi connectivity index (χ4n) is 1.32. The van der Waals surface area contributed by atoms with Gasteiger partial charge in [-0.15, -0.1) is 0 Å². The van der Waals surface area contributed by atoms with Crippen LogP contribution in [0.15, 0.2) is 16.6 Å². The molecule has 0 saturated heterocycles. The summed E-state index contributed by atoms with van der Waals surface area (Å²) in [5, 5.41) is 0. The van der Waals surface area contributed by atoms with Gasteiger partial charge in [-0.2, -0.15) is 0 Å². The smallest absolute Gasteiger partial charge is 0.343 e. The Morgan fingerprint density at radius 3 is 2.58 bits per heavy atom. The molecule has 0 bridgehead atoms. The first-order chi connectivity index (χ1) is 8.81. The molecule has 0 N–H and O–H groups in total. The number of ether oxygens (including phenoxy) is 2. The molecule has 0 fully saturated rings. The molecule has 3 nitrogen and oxygen atoms in total. The molecule has 0 spiro atoms. The second-order valence-corrected chi connectivity index (χ2v) is 4.54. The van der Waals surface area contributed by atoms with Gasteiger partial charge in [-0.1, -0.05) is 6.92 Å². The summed E-state index contributed by atoms with van der Waals surface area (Å²) < 4.78 is 49.9. The van der Waals surface area contributed by atoms with E-state index >= 15 is 0 Å². The third-order valence-corrected chi connectivity index (χ3v) is 3.04. The first-order valence-electron chi connectivity index (χ1n) is 5.38. The van der Waals surface area contributed by atoms with Crippen molar-refractivity contribution in [2.24, 2.45) is 0 Å². The minimum atomic E-state index is -3.18. The Hall–Kier alpha value is -1.24. The second-order valence-electron chi connectivity index (χ2n) is 3.69. The highest BCUT2D eigenvalue weighted by Crippen LogP contribution is 2.40. The quantitative estimate of drug-likeness (QED) is 0.767. The number of esters is 1. The third kappa shape index (κ3) is 3.86. The maximum atomic E-state index is 13.7. The summed E-state index contributed by atoms with van der Waals surface area (Å²) in [6.07, 6.45) is -0.473. The standard InChI is InChI=1S/C12H12BrF3O3/c1-3-12(15,16)7-4-8(13)9(14)5-10(7)19-6-11(17)18-2/h4-5H,3,6H2,1-2H3. The minimum absolute atomic E-state index is 0.0963. The van der Waals surface area contributed by atoms with E-state index in [1.54, 1.807) is 0 Å². The largest absolute Gasteiger partial charge is 0.481 e. The maximum absolute atomic E-state index is 13.7. The molecule has 19 heavy (non-hydrogen) atoms. The van der Waals surface area contributed by atoms with Gasteiger partial charge in [0.1, 0.15) is 11.6 Å². The average Bonchev–Trinajstić information content (AvgIpc) is 2.38. The predicted octanol–water partition coefficient (Wildman–Crippen LogP) is 3.64. The van der Waals surface area contributed by atoms with Crippen molar-refractivity contribution >= 4 is 21.9 Å². The van der Waals surface area contributed by atoms with Crippen LogP contribution in [0.3, 0.4) is 0 Å². The van der Waals surface area contributed by atoms with E-state index < -0.39 is 36.3 Å². The van der Waals surface area contributed by atoms with Crippen LogP contribution in [0.2, 0.25) is 0 Å². The molecule has 1 aromatic carbocycles. The number of methoxy groups -OCH3 is 1. The lowest BCUT2D eigenvalue weighted by molar-refractivity contribution is -0.143. The normalized spacial score (nSPS) is 11.3. The summed E-state index contributed by atoms with van der Waals surface area (Å²) in [5.74, 6) is -5.05. The molecule has 0 aliphatic heterocycles. The molecule has 0 saturated carbocycles. The zero-order valence-corrected chi connectivity index (χ0v) is 11.9. The van der Waals surface area contributed by atoms with Crippen molar-refractivity contribution in [2.75, 3.05) is 13.7 Å². The Morgan fingerprint density at radius 1 is 1.42 bits per heavy atom. The van der Waals surface area contributed by atoms with Crippen LogP contribution < -0.4 is 4.74 Å². The molecule has 0 aliphatic rings. The molecule has 1 rings (SSSR count). The fourth-order valence-corrected chi connectivity index (χ4v) is 1.66. The molecule has 0 atom stereocenters. The Labute approximate surface area is 116 Å². The second kappa shape index (κ2) is 6.27. The lowest BCUT2D eigenvalue weighted by Gasteiger charge is -2.19. The van der Waals surface area contributed by atoms with Gasteiger partial charge in [0, 0.05) is 12.5 Å². The lowest BCUT2D eigenvalue weighted by atomic mass is 10.1. The monoisotopic (exact) mass is 340 g/mol. The van der Waals surface area contributed by atoms with E-state index in [1.165, 1.54) is 6.92 Å². The van der Waals surface area contributed by atoms with E-state index in [9.17, 15) is 18.0 Å². The molecular formula is C12H12BrF3O3. The highest BCUT2D eigenvalue weighted by molar-refractivity contribution is 9.10. The van der Waals surface area contributed by atoms with Crippen LogP contribution in [-0.4, -0.2) is 19.7 Å².